The number of carbonyl (C=O) groups is 1. The van der Waals surface area contributed by atoms with Gasteiger partial charge in [0.25, 0.3) is 0 Å². The van der Waals surface area contributed by atoms with E-state index >= 15 is 0 Å². The number of fused-ring (bicyclic) bond motifs is 1. The highest BCUT2D eigenvalue weighted by molar-refractivity contribution is 7.99. The van der Waals surface area contributed by atoms with Gasteiger partial charge in [0.1, 0.15) is 5.01 Å². The number of aromatic nitrogens is 5. The van der Waals surface area contributed by atoms with Gasteiger partial charge < -0.3 is 0 Å². The van der Waals surface area contributed by atoms with Crippen molar-refractivity contribution in [1.82, 2.24) is 24.0 Å². The Balaban J connectivity index is 1.25. The van der Waals surface area contributed by atoms with Crippen LogP contribution < -0.4 is 5.32 Å². The average Bonchev–Trinajstić information content (AvgIpc) is 3.55. The molecule has 0 unspecified atom stereocenters. The summed E-state index contributed by atoms with van der Waals surface area (Å²) in [5.74, 6) is 0.257. The lowest BCUT2D eigenvalue weighted by Crippen LogP contribution is -2.15. The van der Waals surface area contributed by atoms with Gasteiger partial charge >= 0.3 is 0 Å². The number of benzene rings is 2. The summed E-state index contributed by atoms with van der Waals surface area (Å²) in [5.41, 5.74) is 4.27. The second-order valence-corrected chi connectivity index (χ2v) is 11.8. The zero-order chi connectivity index (χ0) is 24.6. The molecule has 0 fully saturated rings. The normalized spacial score (nSPS) is 11.8. The molecule has 11 heteroatoms. The zero-order valence-corrected chi connectivity index (χ0v) is 22.4. The number of anilines is 1. The highest BCUT2D eigenvalue weighted by Gasteiger charge is 2.17. The molecule has 0 bridgehead atoms. The molecule has 1 amide bonds. The van der Waals surface area contributed by atoms with Gasteiger partial charge in [0.05, 0.1) is 11.4 Å². The molecule has 0 atom stereocenters. The third-order valence-electron chi connectivity index (χ3n) is 5.27. The maximum atomic E-state index is 12.6. The number of carbonyl (C=O) groups excluding carboxylic acids is 1. The van der Waals surface area contributed by atoms with Crippen molar-refractivity contribution in [2.24, 2.45) is 0 Å². The molecule has 2 aromatic carbocycles. The molecular formula is C24H21ClN6OS3. The SMILES string of the molecule is CC(C)(C)c1ccc(-c2nc(NC(=O)CSc3nnc4scc(-c5ccc(Cl)cc5)n34)ns2)cc1. The molecule has 178 valence electrons. The molecular weight excluding hydrogens is 520 g/mol. The number of thiazole rings is 1. The Hall–Kier alpha value is -2.79. The Kier molecular flexibility index (Phi) is 6.63. The lowest BCUT2D eigenvalue weighted by atomic mass is 9.87. The van der Waals surface area contributed by atoms with Gasteiger partial charge in [-0.15, -0.1) is 21.5 Å². The molecule has 1 N–H and O–H groups in total. The predicted octanol–water partition coefficient (Wildman–Crippen LogP) is 6.66. The van der Waals surface area contributed by atoms with Crippen LogP contribution in [0.25, 0.3) is 26.8 Å². The number of nitrogens with zero attached hydrogens (tertiary/aromatic N) is 5. The second kappa shape index (κ2) is 9.69. The van der Waals surface area contributed by atoms with Gasteiger partial charge in [-0.25, -0.2) is 0 Å². The Morgan fingerprint density at radius 1 is 1.06 bits per heavy atom. The molecule has 5 rings (SSSR count). The first-order chi connectivity index (χ1) is 16.8. The maximum absolute atomic E-state index is 12.6. The molecule has 0 aliphatic rings. The summed E-state index contributed by atoms with van der Waals surface area (Å²) in [7, 11) is 0. The number of rotatable bonds is 6. The van der Waals surface area contributed by atoms with Gasteiger partial charge in [-0.1, -0.05) is 80.5 Å². The average molecular weight is 541 g/mol. The van der Waals surface area contributed by atoms with Crippen LogP contribution in [-0.4, -0.2) is 35.6 Å². The number of halogens is 1. The molecule has 0 saturated carbocycles. The first-order valence-electron chi connectivity index (χ1n) is 10.7. The lowest BCUT2D eigenvalue weighted by Gasteiger charge is -2.18. The van der Waals surface area contributed by atoms with E-state index in [1.807, 2.05) is 46.2 Å². The number of nitrogens with one attached hydrogen (secondary N) is 1. The molecule has 0 saturated heterocycles. The van der Waals surface area contributed by atoms with Crippen molar-refractivity contribution < 1.29 is 4.79 Å². The van der Waals surface area contributed by atoms with Gasteiger partial charge in [-0.05, 0) is 40.2 Å². The quantitative estimate of drug-likeness (QED) is 0.242. The van der Waals surface area contributed by atoms with Crippen molar-refractivity contribution in [3.63, 3.8) is 0 Å². The fourth-order valence-corrected chi connectivity index (χ4v) is 5.80. The molecule has 0 radical (unpaired) electrons. The van der Waals surface area contributed by atoms with Gasteiger partial charge in [-0.2, -0.15) is 9.36 Å². The van der Waals surface area contributed by atoms with E-state index in [0.717, 1.165) is 26.8 Å². The van der Waals surface area contributed by atoms with E-state index in [4.69, 9.17) is 11.6 Å². The largest absolute Gasteiger partial charge is 0.293 e. The first-order valence-corrected chi connectivity index (χ1v) is 13.8. The third-order valence-corrected chi connectivity index (χ3v) is 8.03. The van der Waals surface area contributed by atoms with Crippen molar-refractivity contribution in [3.05, 3.63) is 64.5 Å². The van der Waals surface area contributed by atoms with E-state index in [-0.39, 0.29) is 17.1 Å². The van der Waals surface area contributed by atoms with Crippen LogP contribution in [0.4, 0.5) is 5.95 Å². The van der Waals surface area contributed by atoms with E-state index in [1.165, 1.54) is 40.2 Å². The number of hydrogen-bond donors (Lipinski definition) is 1. The zero-order valence-electron chi connectivity index (χ0n) is 19.2. The lowest BCUT2D eigenvalue weighted by molar-refractivity contribution is -0.113. The van der Waals surface area contributed by atoms with Crippen LogP contribution in [0, 0.1) is 0 Å². The van der Waals surface area contributed by atoms with Crippen LogP contribution in [0.5, 0.6) is 0 Å². The fourth-order valence-electron chi connectivity index (χ4n) is 3.41. The van der Waals surface area contributed by atoms with Crippen molar-refractivity contribution in [1.29, 1.82) is 0 Å². The summed E-state index contributed by atoms with van der Waals surface area (Å²) < 4.78 is 6.25. The van der Waals surface area contributed by atoms with Gasteiger partial charge in [0.15, 0.2) is 5.16 Å². The van der Waals surface area contributed by atoms with Crippen molar-refractivity contribution >= 4 is 63.0 Å². The van der Waals surface area contributed by atoms with Gasteiger partial charge in [0.2, 0.25) is 16.8 Å². The van der Waals surface area contributed by atoms with Crippen LogP contribution in [0.3, 0.4) is 0 Å². The van der Waals surface area contributed by atoms with Crippen molar-refractivity contribution in [3.8, 4) is 21.8 Å². The Labute approximate surface area is 219 Å². The number of thioether (sulfide) groups is 1. The molecule has 5 aromatic rings. The molecule has 7 nitrogen and oxygen atoms in total. The molecule has 35 heavy (non-hydrogen) atoms. The topological polar surface area (TPSA) is 85.1 Å². The minimum absolute atomic E-state index is 0.0883. The summed E-state index contributed by atoms with van der Waals surface area (Å²) in [6, 6.07) is 15.9. The summed E-state index contributed by atoms with van der Waals surface area (Å²) in [6.07, 6.45) is 0. The Morgan fingerprint density at radius 3 is 2.49 bits per heavy atom. The van der Waals surface area contributed by atoms with E-state index in [0.29, 0.717) is 16.1 Å². The second-order valence-electron chi connectivity index (χ2n) is 8.82. The van der Waals surface area contributed by atoms with Crippen molar-refractivity contribution in [2.75, 3.05) is 11.1 Å². The summed E-state index contributed by atoms with van der Waals surface area (Å²) in [6.45, 7) is 6.54. The molecule has 3 aromatic heterocycles. The van der Waals surface area contributed by atoms with Crippen LogP contribution in [0.1, 0.15) is 26.3 Å². The molecule has 0 spiro atoms. The minimum Gasteiger partial charge on any atom is -0.293 e. The standard InChI is InChI=1S/C24H21ClN6OS3/c1-24(2,3)16-8-4-15(5-9-16)20-27-21(30-35-20)26-19(32)13-34-23-29-28-22-31(23)18(12-33-22)14-6-10-17(25)11-7-14/h4-12H,13H2,1-3H3,(H,26,30,32). The Morgan fingerprint density at radius 2 is 1.77 bits per heavy atom. The first kappa shape index (κ1) is 23.9. The monoisotopic (exact) mass is 540 g/mol. The van der Waals surface area contributed by atoms with Gasteiger partial charge in [-0.3, -0.25) is 14.5 Å². The number of hydrogen-bond acceptors (Lipinski definition) is 8. The van der Waals surface area contributed by atoms with Crippen LogP contribution in [0.15, 0.2) is 59.1 Å². The Bertz CT molecular complexity index is 1480. The fraction of sp³-hybridized carbons (Fsp3) is 0.208. The summed E-state index contributed by atoms with van der Waals surface area (Å²) in [5, 5.41) is 15.4. The molecule has 0 aliphatic carbocycles. The summed E-state index contributed by atoms with van der Waals surface area (Å²) in [4.78, 5) is 17.8. The van der Waals surface area contributed by atoms with Crippen LogP contribution in [-0.2, 0) is 10.2 Å². The highest BCUT2D eigenvalue weighted by Crippen LogP contribution is 2.31. The van der Waals surface area contributed by atoms with Crippen LogP contribution >= 0.6 is 46.2 Å². The van der Waals surface area contributed by atoms with Crippen LogP contribution in [0.2, 0.25) is 5.02 Å². The maximum Gasteiger partial charge on any atom is 0.241 e. The van der Waals surface area contributed by atoms with E-state index in [1.54, 1.807) is 0 Å². The third kappa shape index (κ3) is 5.25. The smallest absolute Gasteiger partial charge is 0.241 e. The van der Waals surface area contributed by atoms with E-state index < -0.39 is 0 Å². The molecule has 0 aliphatic heterocycles. The predicted molar refractivity (Wildman–Crippen MR) is 145 cm³/mol. The summed E-state index contributed by atoms with van der Waals surface area (Å²) >= 11 is 10.1. The minimum atomic E-state index is -0.206. The number of amides is 1. The van der Waals surface area contributed by atoms with Gasteiger partial charge in [0, 0.05) is 16.0 Å². The molecule has 3 heterocycles. The van der Waals surface area contributed by atoms with E-state index in [9.17, 15) is 4.79 Å². The van der Waals surface area contributed by atoms with E-state index in [2.05, 4.69) is 57.8 Å². The van der Waals surface area contributed by atoms with Crippen molar-refractivity contribution in [2.45, 2.75) is 31.3 Å². The highest BCUT2D eigenvalue weighted by atomic mass is 35.5.